The molecule has 0 aliphatic heterocycles. The van der Waals surface area contributed by atoms with Gasteiger partial charge in [0.1, 0.15) is 0 Å². The number of carbonyl (C=O) groups excluding carboxylic acids is 1. The van der Waals surface area contributed by atoms with Crippen molar-refractivity contribution in [1.82, 2.24) is 0 Å². The molecular weight excluding hydrogens is 227 g/mol. The van der Waals surface area contributed by atoms with E-state index in [0.717, 1.165) is 6.08 Å². The van der Waals surface area contributed by atoms with Gasteiger partial charge in [-0.15, -0.1) is 0 Å². The van der Waals surface area contributed by atoms with Gasteiger partial charge in [-0.1, -0.05) is 13.8 Å². The lowest BCUT2D eigenvalue weighted by Gasteiger charge is -2.05. The highest BCUT2D eigenvalue weighted by Gasteiger charge is 2.61. The zero-order valence-electron chi connectivity index (χ0n) is 10.4. The second-order valence-corrected chi connectivity index (χ2v) is 5.13. The molecule has 1 saturated carbocycles. The number of esters is 1. The van der Waals surface area contributed by atoms with E-state index in [0.29, 0.717) is 0 Å². The van der Waals surface area contributed by atoms with Crippen LogP contribution in [0.5, 0.6) is 0 Å². The lowest BCUT2D eigenvalue weighted by Crippen LogP contribution is -2.12. The fraction of sp³-hybridized carbons (Fsp3) is 0.667. The highest BCUT2D eigenvalue weighted by molar-refractivity contribution is 5.86. The molecule has 0 heterocycles. The molecule has 1 unspecified atom stereocenters. The Bertz CT molecular complexity index is 371. The van der Waals surface area contributed by atoms with E-state index in [1.165, 1.54) is 0 Å². The lowest BCUT2D eigenvalue weighted by molar-refractivity contribution is -0.144. The lowest BCUT2D eigenvalue weighted by atomic mass is 10.1. The van der Waals surface area contributed by atoms with Crippen LogP contribution in [0.1, 0.15) is 27.7 Å². The summed E-state index contributed by atoms with van der Waals surface area (Å²) in [5.74, 6) is -4.12. The number of carboxylic acid groups (broad SMARTS) is 1. The summed E-state index contributed by atoms with van der Waals surface area (Å²) in [4.78, 5) is 22.0. The van der Waals surface area contributed by atoms with Crippen LogP contribution in [0.3, 0.4) is 0 Å². The fourth-order valence-electron chi connectivity index (χ4n) is 1.96. The molecule has 1 fully saturated rings. The third kappa shape index (κ3) is 2.84. The zero-order chi connectivity index (χ0) is 13.4. The predicted octanol–water partition coefficient (Wildman–Crippen LogP) is 2.15. The molecular formula is C12H17FO4. The Morgan fingerprint density at radius 1 is 1.41 bits per heavy atom. The second kappa shape index (κ2) is 4.47. The fourth-order valence-corrected chi connectivity index (χ4v) is 1.96. The average molecular weight is 244 g/mol. The van der Waals surface area contributed by atoms with E-state index in [-0.39, 0.29) is 0 Å². The van der Waals surface area contributed by atoms with E-state index in [2.05, 4.69) is 4.74 Å². The van der Waals surface area contributed by atoms with E-state index >= 15 is 0 Å². The minimum absolute atomic E-state index is 0.399. The third-order valence-corrected chi connectivity index (χ3v) is 3.04. The Kier molecular flexibility index (Phi) is 3.59. The number of ether oxygens (including phenoxy) is 1. The van der Waals surface area contributed by atoms with Gasteiger partial charge < -0.3 is 9.84 Å². The molecule has 1 rings (SSSR count). The molecule has 5 heteroatoms. The Labute approximate surface area is 99.5 Å². The maximum Gasteiger partial charge on any atom is 0.367 e. The summed E-state index contributed by atoms with van der Waals surface area (Å²) >= 11 is 0. The van der Waals surface area contributed by atoms with Gasteiger partial charge in [0.25, 0.3) is 0 Å². The highest BCUT2D eigenvalue weighted by Crippen LogP contribution is 2.59. The number of rotatable bonds is 4. The Morgan fingerprint density at radius 3 is 2.29 bits per heavy atom. The summed E-state index contributed by atoms with van der Waals surface area (Å²) in [6.07, 6.45) is 0.660. The van der Waals surface area contributed by atoms with Crippen molar-refractivity contribution < 1.29 is 23.8 Å². The van der Waals surface area contributed by atoms with Crippen molar-refractivity contribution in [2.45, 2.75) is 33.8 Å². The molecule has 0 amide bonds. The molecule has 96 valence electrons. The molecule has 1 aliphatic rings. The second-order valence-electron chi connectivity index (χ2n) is 5.13. The molecule has 4 nitrogen and oxygen atoms in total. The van der Waals surface area contributed by atoms with Crippen LogP contribution in [-0.2, 0) is 14.3 Å². The van der Waals surface area contributed by atoms with E-state index < -0.39 is 41.1 Å². The van der Waals surface area contributed by atoms with Gasteiger partial charge in [0, 0.05) is 0 Å². The van der Waals surface area contributed by atoms with Crippen molar-refractivity contribution in [3.05, 3.63) is 11.9 Å². The van der Waals surface area contributed by atoms with Crippen LogP contribution in [0.2, 0.25) is 0 Å². The zero-order valence-corrected chi connectivity index (χ0v) is 10.4. The van der Waals surface area contributed by atoms with E-state index in [1.54, 1.807) is 27.7 Å². The van der Waals surface area contributed by atoms with Gasteiger partial charge in [-0.2, -0.15) is 4.39 Å². The van der Waals surface area contributed by atoms with Crippen molar-refractivity contribution in [2.75, 3.05) is 0 Å². The van der Waals surface area contributed by atoms with Crippen LogP contribution in [-0.4, -0.2) is 23.1 Å². The molecule has 1 aliphatic carbocycles. The van der Waals surface area contributed by atoms with Crippen molar-refractivity contribution in [1.29, 1.82) is 0 Å². The number of hydrogen-bond acceptors (Lipinski definition) is 3. The standard InChI is InChI=1S/C12H17FO4/c1-6(2)17-11(16)8(13)5-7-9(10(14)15)12(7,3)4/h5-7,9H,1-4H3,(H,14,15)/b8-5+/t7?,9-/m0/s1. The Hall–Kier alpha value is -1.39. The Balaban J connectivity index is 2.71. The van der Waals surface area contributed by atoms with Gasteiger partial charge in [0.15, 0.2) is 0 Å². The van der Waals surface area contributed by atoms with E-state index in [1.807, 2.05) is 0 Å². The normalized spacial score (nSPS) is 26.8. The number of allylic oxidation sites excluding steroid dienone is 1. The van der Waals surface area contributed by atoms with Crippen LogP contribution >= 0.6 is 0 Å². The summed E-state index contributed by atoms with van der Waals surface area (Å²) in [6, 6.07) is 0. The first-order valence-corrected chi connectivity index (χ1v) is 5.49. The minimum atomic E-state index is -1.04. The molecule has 1 N–H and O–H groups in total. The van der Waals surface area contributed by atoms with Crippen LogP contribution < -0.4 is 0 Å². The maximum atomic E-state index is 13.4. The van der Waals surface area contributed by atoms with Gasteiger partial charge >= 0.3 is 11.9 Å². The molecule has 0 aromatic carbocycles. The monoisotopic (exact) mass is 244 g/mol. The maximum absolute atomic E-state index is 13.4. The third-order valence-electron chi connectivity index (χ3n) is 3.04. The molecule has 0 radical (unpaired) electrons. The number of hydrogen-bond donors (Lipinski definition) is 1. The quantitative estimate of drug-likeness (QED) is 0.608. The summed E-state index contributed by atoms with van der Waals surface area (Å²) in [5.41, 5.74) is -0.513. The summed E-state index contributed by atoms with van der Waals surface area (Å²) in [5, 5.41) is 8.89. The predicted molar refractivity (Wildman–Crippen MR) is 58.8 cm³/mol. The number of carbonyl (C=O) groups is 2. The topological polar surface area (TPSA) is 63.6 Å². The number of carboxylic acids is 1. The minimum Gasteiger partial charge on any atom is -0.481 e. The first-order valence-electron chi connectivity index (χ1n) is 5.49. The molecule has 0 spiro atoms. The van der Waals surface area contributed by atoms with Gasteiger partial charge in [0.2, 0.25) is 5.83 Å². The molecule has 17 heavy (non-hydrogen) atoms. The van der Waals surface area contributed by atoms with Crippen molar-refractivity contribution >= 4 is 11.9 Å². The van der Waals surface area contributed by atoms with Crippen molar-refractivity contribution in [2.24, 2.45) is 17.3 Å². The van der Waals surface area contributed by atoms with Crippen LogP contribution in [0.4, 0.5) is 4.39 Å². The smallest absolute Gasteiger partial charge is 0.367 e. The van der Waals surface area contributed by atoms with Crippen molar-refractivity contribution in [3.8, 4) is 0 Å². The largest absolute Gasteiger partial charge is 0.481 e. The number of aliphatic carboxylic acids is 1. The van der Waals surface area contributed by atoms with Crippen LogP contribution in [0.15, 0.2) is 11.9 Å². The molecule has 2 atom stereocenters. The summed E-state index contributed by atoms with van der Waals surface area (Å²) in [7, 11) is 0. The first-order chi connectivity index (χ1) is 7.67. The highest BCUT2D eigenvalue weighted by atomic mass is 19.1. The van der Waals surface area contributed by atoms with Crippen LogP contribution in [0.25, 0.3) is 0 Å². The van der Waals surface area contributed by atoms with Crippen molar-refractivity contribution in [3.63, 3.8) is 0 Å². The SMILES string of the molecule is CC(C)OC(=O)/C(F)=C\C1[C@@H](C(=O)O)C1(C)C. The van der Waals surface area contributed by atoms with Gasteiger partial charge in [-0.3, -0.25) is 4.79 Å². The molecule has 0 aromatic heterocycles. The Morgan fingerprint density at radius 2 is 1.94 bits per heavy atom. The summed E-state index contributed by atoms with van der Waals surface area (Å²) in [6.45, 7) is 6.70. The van der Waals surface area contributed by atoms with E-state index in [4.69, 9.17) is 5.11 Å². The van der Waals surface area contributed by atoms with Gasteiger partial charge in [-0.25, -0.2) is 4.79 Å². The van der Waals surface area contributed by atoms with Gasteiger partial charge in [0.05, 0.1) is 12.0 Å². The molecule has 0 saturated heterocycles. The van der Waals surface area contributed by atoms with Crippen LogP contribution in [0, 0.1) is 17.3 Å². The first kappa shape index (κ1) is 13.7. The molecule has 0 bridgehead atoms. The number of halogens is 1. The summed E-state index contributed by atoms with van der Waals surface area (Å²) < 4.78 is 18.1. The average Bonchev–Trinajstić information content (AvgIpc) is 2.66. The van der Waals surface area contributed by atoms with Gasteiger partial charge in [-0.05, 0) is 31.3 Å². The molecule has 0 aromatic rings. The van der Waals surface area contributed by atoms with E-state index in [9.17, 15) is 14.0 Å².